The van der Waals surface area contributed by atoms with Crippen LogP contribution in [-0.2, 0) is 4.74 Å². The molecule has 1 saturated heterocycles. The molecule has 0 atom stereocenters. The van der Waals surface area contributed by atoms with E-state index in [0.717, 1.165) is 35.3 Å². The maximum atomic E-state index is 9.64. The number of aliphatic hydroxyl groups is 1. The van der Waals surface area contributed by atoms with E-state index in [1.165, 1.54) is 19.3 Å². The highest BCUT2D eigenvalue weighted by atomic mass is 32.2. The van der Waals surface area contributed by atoms with Crippen LogP contribution < -0.4 is 0 Å². The largest absolute Gasteiger partial charge is 0.461 e. The third-order valence-electron chi connectivity index (χ3n) is 5.01. The lowest BCUT2D eigenvalue weighted by atomic mass is 9.90. The number of rotatable bonds is 6. The molecule has 1 N–H and O–H groups in total. The van der Waals surface area contributed by atoms with E-state index in [0.29, 0.717) is 19.3 Å². The smallest absolute Gasteiger partial charge is 0.200 e. The molecule has 1 aliphatic carbocycles. The number of furan rings is 1. The Labute approximate surface area is 145 Å². The topological polar surface area (TPSA) is 73.3 Å². The van der Waals surface area contributed by atoms with Crippen LogP contribution in [0.3, 0.4) is 0 Å². The van der Waals surface area contributed by atoms with E-state index in [1.807, 2.05) is 12.1 Å². The van der Waals surface area contributed by atoms with Gasteiger partial charge in [0, 0.05) is 17.2 Å². The summed E-state index contributed by atoms with van der Waals surface area (Å²) in [6, 6.07) is 4.25. The molecule has 0 aromatic carbocycles. The lowest BCUT2D eigenvalue weighted by Gasteiger charge is -2.39. The van der Waals surface area contributed by atoms with E-state index in [1.54, 1.807) is 18.0 Å². The van der Waals surface area contributed by atoms with E-state index in [2.05, 4.69) is 14.8 Å². The molecular weight excluding hydrogens is 326 g/mol. The van der Waals surface area contributed by atoms with Crippen molar-refractivity contribution in [1.29, 1.82) is 0 Å². The molecule has 24 heavy (non-hydrogen) atoms. The molecule has 0 amide bonds. The van der Waals surface area contributed by atoms with E-state index in [4.69, 9.17) is 9.15 Å². The fraction of sp³-hybridized carbons (Fsp3) is 0.647. The first-order valence-electron chi connectivity index (χ1n) is 8.61. The average Bonchev–Trinajstić information content (AvgIpc) is 3.24. The molecule has 0 unspecified atom stereocenters. The van der Waals surface area contributed by atoms with Crippen molar-refractivity contribution in [2.75, 3.05) is 25.6 Å². The summed E-state index contributed by atoms with van der Waals surface area (Å²) in [7, 11) is 0. The normalized spacial score (nSPS) is 20.9. The number of ether oxygens (including phenoxy) is 1. The van der Waals surface area contributed by atoms with Gasteiger partial charge in [0.1, 0.15) is 0 Å². The Bertz CT molecular complexity index is 655. The molecule has 4 rings (SSSR count). The minimum Gasteiger partial charge on any atom is -0.461 e. The van der Waals surface area contributed by atoms with Gasteiger partial charge < -0.3 is 14.3 Å². The molecule has 0 bridgehead atoms. The second-order valence-electron chi connectivity index (χ2n) is 6.88. The van der Waals surface area contributed by atoms with Gasteiger partial charge in [0.05, 0.1) is 26.1 Å². The minimum atomic E-state index is -0.126. The Morgan fingerprint density at radius 3 is 2.71 bits per heavy atom. The number of hydrogen-bond acceptors (Lipinski definition) is 6. The molecule has 2 aromatic rings. The lowest BCUT2D eigenvalue weighted by molar-refractivity contribution is -0.121. The summed E-state index contributed by atoms with van der Waals surface area (Å²) in [5, 5.41) is 19.4. The second-order valence-corrected chi connectivity index (χ2v) is 7.83. The second kappa shape index (κ2) is 6.90. The van der Waals surface area contributed by atoms with E-state index in [-0.39, 0.29) is 12.0 Å². The van der Waals surface area contributed by atoms with Crippen molar-refractivity contribution in [2.24, 2.45) is 5.41 Å². The van der Waals surface area contributed by atoms with Crippen LogP contribution >= 0.6 is 11.8 Å². The van der Waals surface area contributed by atoms with Gasteiger partial charge >= 0.3 is 0 Å². The van der Waals surface area contributed by atoms with Crippen molar-refractivity contribution in [2.45, 2.75) is 43.3 Å². The molecule has 2 fully saturated rings. The van der Waals surface area contributed by atoms with Gasteiger partial charge in [0.15, 0.2) is 10.9 Å². The van der Waals surface area contributed by atoms with Crippen molar-refractivity contribution in [3.05, 3.63) is 18.4 Å². The summed E-state index contributed by atoms with van der Waals surface area (Å²) in [5.74, 6) is 2.38. The molecule has 3 heterocycles. The first-order valence-corrected chi connectivity index (χ1v) is 9.60. The average molecular weight is 349 g/mol. The van der Waals surface area contributed by atoms with Crippen LogP contribution in [0.4, 0.5) is 0 Å². The summed E-state index contributed by atoms with van der Waals surface area (Å²) in [4.78, 5) is 0. The standard InChI is InChI=1S/C17H23N3O3S/c21-9-17(10-22-11-17)12-24-16-19-18-15(14-7-4-8-23-14)20(16)13-5-2-1-3-6-13/h4,7-8,13,21H,1-3,5-6,9-12H2. The Hall–Kier alpha value is -1.31. The van der Waals surface area contributed by atoms with Gasteiger partial charge in [-0.05, 0) is 25.0 Å². The zero-order chi connectivity index (χ0) is 16.4. The van der Waals surface area contributed by atoms with Crippen molar-refractivity contribution < 1.29 is 14.3 Å². The number of thioether (sulfide) groups is 1. The summed E-state index contributed by atoms with van der Waals surface area (Å²) in [5.41, 5.74) is -0.126. The van der Waals surface area contributed by atoms with E-state index < -0.39 is 0 Å². The predicted octanol–water partition coefficient (Wildman–Crippen LogP) is 3.14. The maximum Gasteiger partial charge on any atom is 0.200 e. The van der Waals surface area contributed by atoms with Crippen LogP contribution in [0.15, 0.2) is 28.0 Å². The Morgan fingerprint density at radius 2 is 2.08 bits per heavy atom. The SMILES string of the molecule is OCC1(CSc2nnc(-c3ccco3)n2C2CCCCC2)COC1. The van der Waals surface area contributed by atoms with Crippen LogP contribution in [0.25, 0.3) is 11.6 Å². The highest BCUT2D eigenvalue weighted by molar-refractivity contribution is 7.99. The third-order valence-corrected chi connectivity index (χ3v) is 6.30. The molecule has 2 aromatic heterocycles. The molecule has 6 nitrogen and oxygen atoms in total. The quantitative estimate of drug-likeness (QED) is 0.808. The lowest BCUT2D eigenvalue weighted by Crippen LogP contribution is -2.47. The van der Waals surface area contributed by atoms with Crippen molar-refractivity contribution >= 4 is 11.8 Å². The third kappa shape index (κ3) is 3.00. The van der Waals surface area contributed by atoms with Crippen LogP contribution in [-0.4, -0.2) is 45.4 Å². The van der Waals surface area contributed by atoms with Gasteiger partial charge in [-0.15, -0.1) is 10.2 Å². The Morgan fingerprint density at radius 1 is 1.25 bits per heavy atom. The monoisotopic (exact) mass is 349 g/mol. The van der Waals surface area contributed by atoms with E-state index in [9.17, 15) is 5.11 Å². The molecular formula is C17H23N3O3S. The van der Waals surface area contributed by atoms with Gasteiger partial charge in [-0.25, -0.2) is 0 Å². The van der Waals surface area contributed by atoms with Crippen LogP contribution in [0.5, 0.6) is 0 Å². The Balaban J connectivity index is 1.60. The van der Waals surface area contributed by atoms with Gasteiger partial charge in [0.25, 0.3) is 0 Å². The fourth-order valence-electron chi connectivity index (χ4n) is 3.45. The van der Waals surface area contributed by atoms with Crippen molar-refractivity contribution in [3.8, 4) is 11.6 Å². The number of nitrogens with zero attached hydrogens (tertiary/aromatic N) is 3. The molecule has 0 spiro atoms. The van der Waals surface area contributed by atoms with Gasteiger partial charge in [0.2, 0.25) is 5.82 Å². The zero-order valence-corrected chi connectivity index (χ0v) is 14.5. The summed E-state index contributed by atoms with van der Waals surface area (Å²) in [6.07, 6.45) is 7.80. The summed E-state index contributed by atoms with van der Waals surface area (Å²) >= 11 is 1.67. The fourth-order valence-corrected chi connectivity index (χ4v) is 4.61. The van der Waals surface area contributed by atoms with Crippen LogP contribution in [0.1, 0.15) is 38.1 Å². The van der Waals surface area contributed by atoms with Crippen LogP contribution in [0, 0.1) is 5.41 Å². The molecule has 0 radical (unpaired) electrons. The van der Waals surface area contributed by atoms with E-state index >= 15 is 0 Å². The number of aliphatic hydroxyl groups excluding tert-OH is 1. The first kappa shape index (κ1) is 16.2. The summed E-state index contributed by atoms with van der Waals surface area (Å²) in [6.45, 7) is 1.40. The van der Waals surface area contributed by atoms with Crippen molar-refractivity contribution in [1.82, 2.24) is 14.8 Å². The Kier molecular flexibility index (Phi) is 4.65. The molecule has 2 aliphatic rings. The highest BCUT2D eigenvalue weighted by Gasteiger charge is 2.39. The minimum absolute atomic E-state index is 0.126. The first-order chi connectivity index (χ1) is 11.8. The zero-order valence-electron chi connectivity index (χ0n) is 13.7. The maximum absolute atomic E-state index is 9.64. The molecule has 1 aliphatic heterocycles. The molecule has 7 heteroatoms. The predicted molar refractivity (Wildman–Crippen MR) is 90.9 cm³/mol. The number of aromatic nitrogens is 3. The highest BCUT2D eigenvalue weighted by Crippen LogP contribution is 2.38. The number of hydrogen-bond donors (Lipinski definition) is 1. The van der Waals surface area contributed by atoms with Gasteiger partial charge in [-0.1, -0.05) is 31.0 Å². The molecule has 130 valence electrons. The van der Waals surface area contributed by atoms with Gasteiger partial charge in [-0.2, -0.15) is 0 Å². The summed E-state index contributed by atoms with van der Waals surface area (Å²) < 4.78 is 13.1. The van der Waals surface area contributed by atoms with Gasteiger partial charge in [-0.3, -0.25) is 4.57 Å². The van der Waals surface area contributed by atoms with Crippen LogP contribution in [0.2, 0.25) is 0 Å². The molecule has 1 saturated carbocycles. The van der Waals surface area contributed by atoms with Crippen molar-refractivity contribution in [3.63, 3.8) is 0 Å².